The van der Waals surface area contributed by atoms with E-state index < -0.39 is 24.9 Å². The third kappa shape index (κ3) is 5.85. The zero-order valence-corrected chi connectivity index (χ0v) is 15.2. The van der Waals surface area contributed by atoms with Gasteiger partial charge in [-0.2, -0.15) is 18.2 Å². The quantitative estimate of drug-likeness (QED) is 0.544. The number of alkyl halides is 3. The first-order valence-corrected chi connectivity index (χ1v) is 8.50. The Morgan fingerprint density at radius 2 is 1.97 bits per heavy atom. The fourth-order valence-electron chi connectivity index (χ4n) is 2.31. The Hall–Kier alpha value is -3.27. The smallest absolute Gasteiger partial charge is 0.411 e. The lowest BCUT2D eigenvalue weighted by molar-refractivity contribution is -0.176. The minimum absolute atomic E-state index is 0.120. The number of ether oxygens (including phenoxy) is 2. The van der Waals surface area contributed by atoms with Crippen LogP contribution in [0.25, 0.3) is 11.4 Å². The van der Waals surface area contributed by atoms with E-state index in [1.54, 1.807) is 31.5 Å². The summed E-state index contributed by atoms with van der Waals surface area (Å²) in [5.74, 6) is -0.199. The summed E-state index contributed by atoms with van der Waals surface area (Å²) in [6, 6.07) is 9.35. The molecule has 1 aromatic carbocycles. The van der Waals surface area contributed by atoms with E-state index in [4.69, 9.17) is 9.26 Å². The number of pyridine rings is 1. The number of carbonyl (C=O) groups is 1. The Morgan fingerprint density at radius 3 is 2.62 bits per heavy atom. The molecule has 3 aromatic rings. The highest BCUT2D eigenvalue weighted by molar-refractivity contribution is 5.89. The summed E-state index contributed by atoms with van der Waals surface area (Å²) in [6.07, 6.45) is -1.99. The molecule has 0 spiro atoms. The maximum absolute atomic E-state index is 12.3. The molecule has 10 heteroatoms. The van der Waals surface area contributed by atoms with E-state index in [2.05, 4.69) is 19.9 Å². The summed E-state index contributed by atoms with van der Waals surface area (Å²) in [6.45, 7) is 0.0294. The fraction of sp³-hybridized carbons (Fsp3) is 0.263. The standard InChI is InChI=1S/C19H16F3N3O4/c1-12(17-24-16(25-29-17)15-3-2-8-23-9-15)28-18(26)14-6-4-13(5-7-14)10-27-11-19(20,21)22/h2-9,12H,10-11H2,1H3. The second-order valence-corrected chi connectivity index (χ2v) is 6.05. The van der Waals surface area contributed by atoms with Crippen LogP contribution >= 0.6 is 0 Å². The lowest BCUT2D eigenvalue weighted by Crippen LogP contribution is -2.16. The van der Waals surface area contributed by atoms with Gasteiger partial charge < -0.3 is 14.0 Å². The summed E-state index contributed by atoms with van der Waals surface area (Å²) >= 11 is 0. The molecule has 0 bridgehead atoms. The molecule has 152 valence electrons. The summed E-state index contributed by atoms with van der Waals surface area (Å²) in [5.41, 5.74) is 1.38. The molecule has 0 radical (unpaired) electrons. The third-order valence-corrected chi connectivity index (χ3v) is 3.72. The van der Waals surface area contributed by atoms with E-state index in [-0.39, 0.29) is 18.1 Å². The van der Waals surface area contributed by atoms with Gasteiger partial charge in [0.25, 0.3) is 5.89 Å². The van der Waals surface area contributed by atoms with E-state index >= 15 is 0 Å². The van der Waals surface area contributed by atoms with Crippen molar-refractivity contribution in [3.63, 3.8) is 0 Å². The largest absolute Gasteiger partial charge is 0.449 e. The van der Waals surface area contributed by atoms with Crippen molar-refractivity contribution >= 4 is 5.97 Å². The Kier molecular flexibility index (Phi) is 6.23. The molecule has 7 nitrogen and oxygen atoms in total. The zero-order valence-electron chi connectivity index (χ0n) is 15.2. The van der Waals surface area contributed by atoms with Gasteiger partial charge in [-0.3, -0.25) is 4.98 Å². The van der Waals surface area contributed by atoms with Crippen molar-refractivity contribution in [2.75, 3.05) is 6.61 Å². The molecule has 0 aliphatic heterocycles. The summed E-state index contributed by atoms with van der Waals surface area (Å²) in [4.78, 5) is 20.4. The van der Waals surface area contributed by atoms with Crippen molar-refractivity contribution in [2.45, 2.75) is 25.8 Å². The van der Waals surface area contributed by atoms with E-state index in [1.807, 2.05) is 0 Å². The summed E-state index contributed by atoms with van der Waals surface area (Å²) in [7, 11) is 0. The Bertz CT molecular complexity index is 943. The van der Waals surface area contributed by atoms with Gasteiger partial charge in [0.2, 0.25) is 5.82 Å². The number of esters is 1. The summed E-state index contributed by atoms with van der Waals surface area (Å²) in [5, 5.41) is 3.83. The first kappa shape index (κ1) is 20.5. The van der Waals surface area contributed by atoms with Gasteiger partial charge in [-0.1, -0.05) is 17.3 Å². The van der Waals surface area contributed by atoms with Gasteiger partial charge in [0, 0.05) is 18.0 Å². The number of aromatic nitrogens is 3. The molecule has 2 aromatic heterocycles. The van der Waals surface area contributed by atoms with Gasteiger partial charge >= 0.3 is 12.1 Å². The van der Waals surface area contributed by atoms with Crippen molar-refractivity contribution < 1.29 is 32.0 Å². The van der Waals surface area contributed by atoms with Crippen molar-refractivity contribution in [3.05, 3.63) is 65.8 Å². The van der Waals surface area contributed by atoms with Crippen LogP contribution in [0.4, 0.5) is 13.2 Å². The van der Waals surface area contributed by atoms with Crippen molar-refractivity contribution in [1.82, 2.24) is 15.1 Å². The first-order chi connectivity index (χ1) is 13.8. The van der Waals surface area contributed by atoms with Crippen LogP contribution in [0.2, 0.25) is 0 Å². The maximum atomic E-state index is 12.3. The van der Waals surface area contributed by atoms with Crippen molar-refractivity contribution in [2.24, 2.45) is 0 Å². The maximum Gasteiger partial charge on any atom is 0.411 e. The van der Waals surface area contributed by atoms with Crippen molar-refractivity contribution in [3.8, 4) is 11.4 Å². The lowest BCUT2D eigenvalue weighted by atomic mass is 10.1. The highest BCUT2D eigenvalue weighted by atomic mass is 19.4. The molecule has 0 fully saturated rings. The van der Waals surface area contributed by atoms with E-state index in [0.717, 1.165) is 0 Å². The minimum Gasteiger partial charge on any atom is -0.449 e. The molecule has 1 atom stereocenters. The highest BCUT2D eigenvalue weighted by Crippen LogP contribution is 2.21. The lowest BCUT2D eigenvalue weighted by Gasteiger charge is -2.10. The number of nitrogens with zero attached hydrogens (tertiary/aromatic N) is 3. The second-order valence-electron chi connectivity index (χ2n) is 6.05. The van der Waals surface area contributed by atoms with Gasteiger partial charge in [-0.05, 0) is 36.8 Å². The van der Waals surface area contributed by atoms with Gasteiger partial charge in [0.05, 0.1) is 12.2 Å². The van der Waals surface area contributed by atoms with Gasteiger partial charge in [0.1, 0.15) is 6.61 Å². The van der Waals surface area contributed by atoms with Crippen LogP contribution < -0.4 is 0 Å². The number of hydrogen-bond acceptors (Lipinski definition) is 7. The third-order valence-electron chi connectivity index (χ3n) is 3.72. The Morgan fingerprint density at radius 1 is 1.21 bits per heavy atom. The monoisotopic (exact) mass is 407 g/mol. The average molecular weight is 407 g/mol. The van der Waals surface area contributed by atoms with E-state index in [1.165, 1.54) is 24.3 Å². The molecule has 2 heterocycles. The Balaban J connectivity index is 1.56. The molecule has 3 rings (SSSR count). The number of rotatable bonds is 7. The molecule has 0 aliphatic carbocycles. The topological polar surface area (TPSA) is 87.3 Å². The van der Waals surface area contributed by atoms with Crippen LogP contribution in [0, 0.1) is 0 Å². The number of hydrogen-bond donors (Lipinski definition) is 0. The number of benzene rings is 1. The van der Waals surface area contributed by atoms with Gasteiger partial charge in [-0.25, -0.2) is 4.79 Å². The molecule has 0 aliphatic rings. The highest BCUT2D eigenvalue weighted by Gasteiger charge is 2.27. The first-order valence-electron chi connectivity index (χ1n) is 8.50. The zero-order chi connectivity index (χ0) is 20.9. The second kappa shape index (κ2) is 8.82. The predicted molar refractivity (Wildman–Crippen MR) is 93.5 cm³/mol. The number of carbonyl (C=O) groups excluding carboxylic acids is 1. The Labute approximate surface area is 163 Å². The average Bonchev–Trinajstić information content (AvgIpc) is 3.18. The molecule has 0 saturated carbocycles. The van der Waals surface area contributed by atoms with Crippen LogP contribution in [0.3, 0.4) is 0 Å². The van der Waals surface area contributed by atoms with E-state index in [0.29, 0.717) is 17.0 Å². The van der Waals surface area contributed by atoms with Crippen LogP contribution in [0.1, 0.15) is 34.8 Å². The molecule has 1 unspecified atom stereocenters. The minimum atomic E-state index is -4.38. The number of halogens is 3. The molecular weight excluding hydrogens is 391 g/mol. The van der Waals surface area contributed by atoms with Crippen molar-refractivity contribution in [1.29, 1.82) is 0 Å². The predicted octanol–water partition coefficient (Wildman–Crippen LogP) is 4.13. The molecule has 0 N–H and O–H groups in total. The molecule has 0 saturated heterocycles. The summed E-state index contributed by atoms with van der Waals surface area (Å²) < 4.78 is 51.3. The fourth-order valence-corrected chi connectivity index (χ4v) is 2.31. The van der Waals surface area contributed by atoms with Crippen LogP contribution in [0.15, 0.2) is 53.3 Å². The normalized spacial score (nSPS) is 12.6. The molecule has 0 amide bonds. The van der Waals surface area contributed by atoms with Gasteiger partial charge in [-0.15, -0.1) is 0 Å². The van der Waals surface area contributed by atoms with E-state index in [9.17, 15) is 18.0 Å². The van der Waals surface area contributed by atoms with Crippen LogP contribution in [-0.4, -0.2) is 33.9 Å². The van der Waals surface area contributed by atoms with Crippen LogP contribution in [0.5, 0.6) is 0 Å². The SMILES string of the molecule is CC(OC(=O)c1ccc(COCC(F)(F)F)cc1)c1nc(-c2cccnc2)no1. The molecular formula is C19H16F3N3O4. The van der Waals surface area contributed by atoms with Gasteiger partial charge in [0.15, 0.2) is 6.10 Å². The van der Waals surface area contributed by atoms with Crippen LogP contribution in [-0.2, 0) is 16.1 Å². The molecule has 29 heavy (non-hydrogen) atoms.